The van der Waals surface area contributed by atoms with E-state index >= 15 is 0 Å². The standard InChI is InChI=1S/C16H16N6O2/c1-22(9-6-11-4-2-3-7-17-11)15-18-8-5-12(19-15)10-13-14(23)21-16(24)20-13/h2-5,7-8,10H,6,9H2,1H3,(H2,20,21,23,24)/b13-10-. The summed E-state index contributed by atoms with van der Waals surface area (Å²) < 4.78 is 0. The highest BCUT2D eigenvalue weighted by molar-refractivity contribution is 6.13. The number of hydrogen-bond acceptors (Lipinski definition) is 6. The van der Waals surface area contributed by atoms with Gasteiger partial charge in [0.2, 0.25) is 5.95 Å². The van der Waals surface area contributed by atoms with Crippen molar-refractivity contribution in [3.8, 4) is 0 Å². The van der Waals surface area contributed by atoms with Crippen molar-refractivity contribution in [3.63, 3.8) is 0 Å². The number of carbonyl (C=O) groups is 2. The molecule has 2 aromatic rings. The molecule has 0 aliphatic carbocycles. The topological polar surface area (TPSA) is 100 Å². The summed E-state index contributed by atoms with van der Waals surface area (Å²) in [4.78, 5) is 37.5. The third-order valence-electron chi connectivity index (χ3n) is 3.45. The second kappa shape index (κ2) is 6.86. The Hall–Kier alpha value is -3.29. The largest absolute Gasteiger partial charge is 0.343 e. The first-order valence-electron chi connectivity index (χ1n) is 7.40. The molecule has 3 amide bonds. The van der Waals surface area contributed by atoms with E-state index in [1.165, 1.54) is 6.08 Å². The van der Waals surface area contributed by atoms with Crippen LogP contribution in [0.4, 0.5) is 10.7 Å². The van der Waals surface area contributed by atoms with Crippen LogP contribution in [0.1, 0.15) is 11.4 Å². The third kappa shape index (κ3) is 3.72. The van der Waals surface area contributed by atoms with Crippen molar-refractivity contribution < 1.29 is 9.59 Å². The number of nitrogens with one attached hydrogen (secondary N) is 2. The lowest BCUT2D eigenvalue weighted by Crippen LogP contribution is -2.23. The molecule has 24 heavy (non-hydrogen) atoms. The maximum Gasteiger partial charge on any atom is 0.326 e. The molecule has 0 saturated carbocycles. The van der Waals surface area contributed by atoms with Crippen molar-refractivity contribution in [2.45, 2.75) is 6.42 Å². The van der Waals surface area contributed by atoms with Crippen LogP contribution in [0, 0.1) is 0 Å². The van der Waals surface area contributed by atoms with Gasteiger partial charge in [0, 0.05) is 38.1 Å². The molecule has 0 radical (unpaired) electrons. The van der Waals surface area contributed by atoms with E-state index in [4.69, 9.17) is 0 Å². The van der Waals surface area contributed by atoms with Gasteiger partial charge in [-0.1, -0.05) is 6.07 Å². The van der Waals surface area contributed by atoms with Gasteiger partial charge >= 0.3 is 6.03 Å². The first kappa shape index (κ1) is 15.6. The van der Waals surface area contributed by atoms with Crippen molar-refractivity contribution >= 4 is 24.0 Å². The number of likely N-dealkylation sites (N-methyl/N-ethyl adjacent to an activating group) is 1. The lowest BCUT2D eigenvalue weighted by Gasteiger charge is -2.16. The van der Waals surface area contributed by atoms with Crippen LogP contribution in [-0.4, -0.2) is 40.5 Å². The van der Waals surface area contributed by atoms with Crippen LogP contribution in [0.25, 0.3) is 6.08 Å². The number of amides is 3. The number of carbonyl (C=O) groups excluding carboxylic acids is 2. The first-order valence-corrected chi connectivity index (χ1v) is 7.40. The molecule has 1 aliphatic heterocycles. The van der Waals surface area contributed by atoms with Gasteiger partial charge in [-0.3, -0.25) is 15.1 Å². The molecule has 0 unspecified atom stereocenters. The molecule has 1 fully saturated rings. The minimum absolute atomic E-state index is 0.167. The zero-order valence-corrected chi connectivity index (χ0v) is 13.1. The predicted octanol–water partition coefficient (Wildman–Crippen LogP) is 0.731. The van der Waals surface area contributed by atoms with Crippen molar-refractivity contribution in [3.05, 3.63) is 53.7 Å². The van der Waals surface area contributed by atoms with Gasteiger partial charge < -0.3 is 10.2 Å². The van der Waals surface area contributed by atoms with Gasteiger partial charge in [-0.15, -0.1) is 0 Å². The summed E-state index contributed by atoms with van der Waals surface area (Å²) in [5, 5.41) is 4.57. The van der Waals surface area contributed by atoms with E-state index < -0.39 is 11.9 Å². The number of aromatic nitrogens is 3. The molecule has 2 aromatic heterocycles. The van der Waals surface area contributed by atoms with Crippen molar-refractivity contribution in [2.75, 3.05) is 18.5 Å². The van der Waals surface area contributed by atoms with Crippen LogP contribution in [0.5, 0.6) is 0 Å². The van der Waals surface area contributed by atoms with Gasteiger partial charge in [0.05, 0.1) is 5.69 Å². The molecular formula is C16H16N6O2. The van der Waals surface area contributed by atoms with E-state index in [0.29, 0.717) is 18.2 Å². The molecule has 8 heteroatoms. The number of anilines is 1. The van der Waals surface area contributed by atoms with Crippen molar-refractivity contribution in [2.24, 2.45) is 0 Å². The summed E-state index contributed by atoms with van der Waals surface area (Å²) in [7, 11) is 1.89. The normalized spacial score (nSPS) is 15.3. The summed E-state index contributed by atoms with van der Waals surface area (Å²) in [5.41, 5.74) is 1.70. The lowest BCUT2D eigenvalue weighted by atomic mass is 10.2. The van der Waals surface area contributed by atoms with Gasteiger partial charge in [0.15, 0.2) is 0 Å². The number of nitrogens with zero attached hydrogens (tertiary/aromatic N) is 4. The monoisotopic (exact) mass is 324 g/mol. The Kier molecular flexibility index (Phi) is 4.46. The summed E-state index contributed by atoms with van der Waals surface area (Å²) in [6, 6.07) is 6.93. The smallest absolute Gasteiger partial charge is 0.326 e. The van der Waals surface area contributed by atoms with Crippen LogP contribution < -0.4 is 15.5 Å². The lowest BCUT2D eigenvalue weighted by molar-refractivity contribution is -0.115. The van der Waals surface area contributed by atoms with Gasteiger partial charge in [0.1, 0.15) is 5.70 Å². The SMILES string of the molecule is CN(CCc1ccccn1)c1nccc(/C=C2\NC(=O)NC2=O)n1. The molecule has 1 aliphatic rings. The number of rotatable bonds is 5. The molecule has 1 saturated heterocycles. The summed E-state index contributed by atoms with van der Waals surface area (Å²) in [5.74, 6) is 0.0636. The van der Waals surface area contributed by atoms with Gasteiger partial charge in [-0.2, -0.15) is 0 Å². The van der Waals surface area contributed by atoms with Crippen LogP contribution in [0.3, 0.4) is 0 Å². The first-order chi connectivity index (χ1) is 11.6. The second-order valence-corrected chi connectivity index (χ2v) is 5.24. The predicted molar refractivity (Wildman–Crippen MR) is 87.9 cm³/mol. The molecule has 3 rings (SSSR count). The molecule has 0 bridgehead atoms. The summed E-state index contributed by atoms with van der Waals surface area (Å²) in [6.07, 6.45) is 5.66. The zero-order valence-electron chi connectivity index (χ0n) is 13.1. The number of hydrogen-bond donors (Lipinski definition) is 2. The average molecular weight is 324 g/mol. The highest BCUT2D eigenvalue weighted by Gasteiger charge is 2.23. The van der Waals surface area contributed by atoms with Gasteiger partial charge in [-0.05, 0) is 24.3 Å². The number of pyridine rings is 1. The Morgan fingerprint density at radius 1 is 1.12 bits per heavy atom. The molecule has 2 N–H and O–H groups in total. The van der Waals surface area contributed by atoms with E-state index in [-0.39, 0.29) is 5.70 Å². The van der Waals surface area contributed by atoms with E-state index in [9.17, 15) is 9.59 Å². The minimum Gasteiger partial charge on any atom is -0.343 e. The highest BCUT2D eigenvalue weighted by atomic mass is 16.2. The zero-order chi connectivity index (χ0) is 16.9. The molecule has 0 atom stereocenters. The van der Waals surface area contributed by atoms with Crippen LogP contribution >= 0.6 is 0 Å². The molecule has 0 aromatic carbocycles. The Morgan fingerprint density at radius 2 is 2.00 bits per heavy atom. The maximum absolute atomic E-state index is 11.5. The molecular weight excluding hydrogens is 308 g/mol. The molecule has 8 nitrogen and oxygen atoms in total. The highest BCUT2D eigenvalue weighted by Crippen LogP contribution is 2.10. The Bertz CT molecular complexity index is 790. The Labute approximate surface area is 138 Å². The molecule has 122 valence electrons. The van der Waals surface area contributed by atoms with Crippen LogP contribution in [-0.2, 0) is 11.2 Å². The minimum atomic E-state index is -0.534. The van der Waals surface area contributed by atoms with E-state index in [1.54, 1.807) is 18.5 Å². The van der Waals surface area contributed by atoms with Crippen LogP contribution in [0.2, 0.25) is 0 Å². The Balaban J connectivity index is 1.69. The van der Waals surface area contributed by atoms with E-state index in [2.05, 4.69) is 25.6 Å². The fourth-order valence-corrected chi connectivity index (χ4v) is 2.18. The van der Waals surface area contributed by atoms with Gasteiger partial charge in [-0.25, -0.2) is 14.8 Å². The number of urea groups is 1. The van der Waals surface area contributed by atoms with Crippen LogP contribution in [0.15, 0.2) is 42.4 Å². The molecule has 0 spiro atoms. The van der Waals surface area contributed by atoms with Gasteiger partial charge in [0.25, 0.3) is 5.91 Å². The maximum atomic E-state index is 11.5. The van der Waals surface area contributed by atoms with E-state index in [1.807, 2.05) is 30.1 Å². The Morgan fingerprint density at radius 3 is 2.71 bits per heavy atom. The fraction of sp³-hybridized carbons (Fsp3) is 0.188. The number of imide groups is 1. The molecule has 3 heterocycles. The third-order valence-corrected chi connectivity index (χ3v) is 3.45. The average Bonchev–Trinajstić information content (AvgIpc) is 2.91. The van der Waals surface area contributed by atoms with E-state index in [0.717, 1.165) is 12.1 Å². The van der Waals surface area contributed by atoms with Crippen molar-refractivity contribution in [1.29, 1.82) is 0 Å². The van der Waals surface area contributed by atoms with Crippen molar-refractivity contribution in [1.82, 2.24) is 25.6 Å². The summed E-state index contributed by atoms with van der Waals surface area (Å²) >= 11 is 0. The quantitative estimate of drug-likeness (QED) is 0.621. The fourth-order valence-electron chi connectivity index (χ4n) is 2.18. The summed E-state index contributed by atoms with van der Waals surface area (Å²) in [6.45, 7) is 0.703. The second-order valence-electron chi connectivity index (χ2n) is 5.24.